The molecule has 0 saturated carbocycles. The summed E-state index contributed by atoms with van der Waals surface area (Å²) in [6.45, 7) is 7.70. The largest absolute Gasteiger partial charge is 0.465 e. The van der Waals surface area contributed by atoms with Crippen LogP contribution < -0.4 is 0 Å². The van der Waals surface area contributed by atoms with Crippen LogP contribution >= 0.6 is 0 Å². The lowest BCUT2D eigenvalue weighted by atomic mass is 10.0. The molecule has 1 atom stereocenters. The number of unbranched alkanes of at least 4 members (excludes halogenated alkanes) is 4. The molecule has 1 saturated heterocycles. The van der Waals surface area contributed by atoms with Gasteiger partial charge < -0.3 is 9.47 Å². The first-order chi connectivity index (χ1) is 9.29. The van der Waals surface area contributed by atoms with Gasteiger partial charge in [0.15, 0.2) is 0 Å². The first kappa shape index (κ1) is 16.4. The molecule has 0 bridgehead atoms. The van der Waals surface area contributed by atoms with Gasteiger partial charge in [-0.3, -0.25) is 9.69 Å². The third-order valence-electron chi connectivity index (χ3n) is 3.63. The zero-order valence-corrected chi connectivity index (χ0v) is 12.5. The van der Waals surface area contributed by atoms with Crippen molar-refractivity contribution in [2.75, 3.05) is 32.9 Å². The predicted molar refractivity (Wildman–Crippen MR) is 76.2 cm³/mol. The van der Waals surface area contributed by atoms with Crippen LogP contribution in [-0.2, 0) is 14.3 Å². The number of carbonyl (C=O) groups excluding carboxylic acids is 1. The van der Waals surface area contributed by atoms with E-state index in [1.165, 1.54) is 25.7 Å². The van der Waals surface area contributed by atoms with E-state index in [-0.39, 0.29) is 12.0 Å². The van der Waals surface area contributed by atoms with Crippen molar-refractivity contribution in [2.24, 2.45) is 0 Å². The van der Waals surface area contributed by atoms with Crippen LogP contribution in [0.3, 0.4) is 0 Å². The van der Waals surface area contributed by atoms with E-state index in [1.807, 2.05) is 6.92 Å². The van der Waals surface area contributed by atoms with Gasteiger partial charge >= 0.3 is 5.97 Å². The highest BCUT2D eigenvalue weighted by Crippen LogP contribution is 2.15. The van der Waals surface area contributed by atoms with Crippen LogP contribution in [0.25, 0.3) is 0 Å². The van der Waals surface area contributed by atoms with Crippen LogP contribution in [-0.4, -0.2) is 49.8 Å². The lowest BCUT2D eigenvalue weighted by molar-refractivity contribution is -0.151. The summed E-state index contributed by atoms with van der Waals surface area (Å²) in [5.74, 6) is -0.0557. The summed E-state index contributed by atoms with van der Waals surface area (Å²) >= 11 is 0. The Balaban J connectivity index is 2.37. The number of hydrogen-bond donors (Lipinski definition) is 0. The summed E-state index contributed by atoms with van der Waals surface area (Å²) in [6, 6.07) is -0.0644. The van der Waals surface area contributed by atoms with Crippen molar-refractivity contribution in [1.82, 2.24) is 4.90 Å². The van der Waals surface area contributed by atoms with Crippen molar-refractivity contribution < 1.29 is 14.3 Å². The Bertz CT molecular complexity index is 240. The van der Waals surface area contributed by atoms with E-state index in [2.05, 4.69) is 11.8 Å². The van der Waals surface area contributed by atoms with Crippen LogP contribution in [0.4, 0.5) is 0 Å². The SMILES string of the molecule is CCCCCCCC(C(=O)OCC)N1CCOCC1. The molecule has 0 spiro atoms. The van der Waals surface area contributed by atoms with Crippen LogP contribution in [0.2, 0.25) is 0 Å². The Morgan fingerprint density at radius 1 is 1.16 bits per heavy atom. The molecule has 1 aliphatic rings. The normalized spacial score (nSPS) is 18.2. The van der Waals surface area contributed by atoms with Crippen molar-refractivity contribution in [2.45, 2.75) is 58.4 Å². The van der Waals surface area contributed by atoms with Crippen LogP contribution in [0.15, 0.2) is 0 Å². The minimum absolute atomic E-state index is 0.0557. The second-order valence-corrected chi connectivity index (χ2v) is 5.12. The second-order valence-electron chi connectivity index (χ2n) is 5.12. The molecule has 0 N–H and O–H groups in total. The van der Waals surface area contributed by atoms with Crippen molar-refractivity contribution in [3.63, 3.8) is 0 Å². The first-order valence-corrected chi connectivity index (χ1v) is 7.78. The van der Waals surface area contributed by atoms with E-state index < -0.39 is 0 Å². The fourth-order valence-electron chi connectivity index (χ4n) is 2.52. The molecular weight excluding hydrogens is 242 g/mol. The summed E-state index contributed by atoms with van der Waals surface area (Å²) in [4.78, 5) is 14.3. The fraction of sp³-hybridized carbons (Fsp3) is 0.933. The van der Waals surface area contributed by atoms with Gasteiger partial charge in [-0.1, -0.05) is 39.0 Å². The van der Waals surface area contributed by atoms with Gasteiger partial charge in [-0.15, -0.1) is 0 Å². The van der Waals surface area contributed by atoms with E-state index in [4.69, 9.17) is 9.47 Å². The number of hydrogen-bond acceptors (Lipinski definition) is 4. The molecule has 1 unspecified atom stereocenters. The Labute approximate surface area is 117 Å². The summed E-state index contributed by atoms with van der Waals surface area (Å²) in [5.41, 5.74) is 0. The number of nitrogens with zero attached hydrogens (tertiary/aromatic N) is 1. The third-order valence-corrected chi connectivity index (χ3v) is 3.63. The topological polar surface area (TPSA) is 38.8 Å². The van der Waals surface area contributed by atoms with E-state index >= 15 is 0 Å². The molecule has 112 valence electrons. The van der Waals surface area contributed by atoms with Crippen molar-refractivity contribution in [1.29, 1.82) is 0 Å². The molecule has 0 aromatic carbocycles. The van der Waals surface area contributed by atoms with Crippen molar-refractivity contribution >= 4 is 5.97 Å². The highest BCUT2D eigenvalue weighted by molar-refractivity contribution is 5.75. The van der Waals surface area contributed by atoms with E-state index in [9.17, 15) is 4.79 Å². The fourth-order valence-corrected chi connectivity index (χ4v) is 2.52. The standard InChI is InChI=1S/C15H29NO3/c1-3-5-6-7-8-9-14(15(17)19-4-2)16-10-12-18-13-11-16/h14H,3-13H2,1-2H3. The predicted octanol–water partition coefficient (Wildman–Crippen LogP) is 2.61. The van der Waals surface area contributed by atoms with E-state index in [0.717, 1.165) is 39.1 Å². The smallest absolute Gasteiger partial charge is 0.323 e. The van der Waals surface area contributed by atoms with Crippen LogP contribution in [0, 0.1) is 0 Å². The quantitative estimate of drug-likeness (QED) is 0.477. The van der Waals surface area contributed by atoms with E-state index in [1.54, 1.807) is 0 Å². The number of ether oxygens (including phenoxy) is 2. The molecule has 0 amide bonds. The molecule has 1 rings (SSSR count). The second kappa shape index (κ2) is 10.2. The van der Waals surface area contributed by atoms with E-state index in [0.29, 0.717) is 6.61 Å². The van der Waals surface area contributed by atoms with Gasteiger partial charge in [0.2, 0.25) is 0 Å². The molecule has 4 heteroatoms. The average molecular weight is 271 g/mol. The van der Waals surface area contributed by atoms with Crippen LogP contribution in [0.1, 0.15) is 52.4 Å². The zero-order chi connectivity index (χ0) is 13.9. The Morgan fingerprint density at radius 2 is 1.84 bits per heavy atom. The van der Waals surface area contributed by atoms with Gasteiger partial charge in [-0.2, -0.15) is 0 Å². The summed E-state index contributed by atoms with van der Waals surface area (Å²) < 4.78 is 10.6. The summed E-state index contributed by atoms with van der Waals surface area (Å²) in [6.07, 6.45) is 7.07. The number of carbonyl (C=O) groups is 1. The Kier molecular flexibility index (Phi) is 8.84. The van der Waals surface area contributed by atoms with Crippen molar-refractivity contribution in [3.05, 3.63) is 0 Å². The highest BCUT2D eigenvalue weighted by Gasteiger charge is 2.27. The molecule has 0 aliphatic carbocycles. The molecule has 1 aliphatic heterocycles. The Hall–Kier alpha value is -0.610. The van der Waals surface area contributed by atoms with Crippen LogP contribution in [0.5, 0.6) is 0 Å². The summed E-state index contributed by atoms with van der Waals surface area (Å²) in [7, 11) is 0. The number of morpholine rings is 1. The van der Waals surface area contributed by atoms with Gasteiger partial charge in [-0.05, 0) is 13.3 Å². The van der Waals surface area contributed by atoms with Gasteiger partial charge in [0, 0.05) is 13.1 Å². The lowest BCUT2D eigenvalue weighted by Gasteiger charge is -2.32. The molecule has 1 fully saturated rings. The minimum atomic E-state index is -0.0644. The third kappa shape index (κ3) is 6.39. The minimum Gasteiger partial charge on any atom is -0.465 e. The molecule has 0 aromatic heterocycles. The molecule has 19 heavy (non-hydrogen) atoms. The maximum Gasteiger partial charge on any atom is 0.323 e. The maximum atomic E-state index is 12.1. The maximum absolute atomic E-state index is 12.1. The first-order valence-electron chi connectivity index (χ1n) is 7.78. The van der Waals surface area contributed by atoms with Gasteiger partial charge in [0.25, 0.3) is 0 Å². The molecule has 0 aromatic rings. The van der Waals surface area contributed by atoms with Gasteiger partial charge in [0.1, 0.15) is 6.04 Å². The van der Waals surface area contributed by atoms with Gasteiger partial charge in [-0.25, -0.2) is 0 Å². The molecule has 1 heterocycles. The van der Waals surface area contributed by atoms with Gasteiger partial charge in [0.05, 0.1) is 19.8 Å². The zero-order valence-electron chi connectivity index (χ0n) is 12.5. The molecular formula is C15H29NO3. The molecule has 0 radical (unpaired) electrons. The summed E-state index contributed by atoms with van der Waals surface area (Å²) in [5, 5.41) is 0. The lowest BCUT2D eigenvalue weighted by Crippen LogP contribution is -2.48. The average Bonchev–Trinajstić information content (AvgIpc) is 2.44. The van der Waals surface area contributed by atoms with Crippen molar-refractivity contribution in [3.8, 4) is 0 Å². The molecule has 4 nitrogen and oxygen atoms in total. The number of rotatable bonds is 9. The highest BCUT2D eigenvalue weighted by atomic mass is 16.5. The number of esters is 1. The monoisotopic (exact) mass is 271 g/mol. The Morgan fingerprint density at radius 3 is 2.47 bits per heavy atom.